The highest BCUT2D eigenvalue weighted by molar-refractivity contribution is 8.00. The smallest absolute Gasteiger partial charge is 0.110 e. The molecule has 0 aromatic heterocycles. The van der Waals surface area contributed by atoms with Gasteiger partial charge in [-0.1, -0.05) is 96.7 Å². The molecule has 5 aromatic carbocycles. The third-order valence-electron chi connectivity index (χ3n) is 6.63. The fourth-order valence-electron chi connectivity index (χ4n) is 5.16. The molecule has 7 rings (SSSR count). The Bertz CT molecular complexity index is 1540. The van der Waals surface area contributed by atoms with Crippen molar-refractivity contribution in [3.05, 3.63) is 108 Å². The lowest BCUT2D eigenvalue weighted by Crippen LogP contribution is -2.11. The topological polar surface area (TPSA) is 12.4 Å². The molecule has 31 heavy (non-hydrogen) atoms. The van der Waals surface area contributed by atoms with E-state index in [0.29, 0.717) is 5.92 Å². The summed E-state index contributed by atoms with van der Waals surface area (Å²) in [4.78, 5) is 6.29. The lowest BCUT2D eigenvalue weighted by atomic mass is 9.89. The van der Waals surface area contributed by atoms with E-state index in [9.17, 15) is 0 Å². The van der Waals surface area contributed by atoms with Crippen molar-refractivity contribution in [2.45, 2.75) is 16.2 Å². The lowest BCUT2D eigenvalue weighted by Gasteiger charge is -2.19. The quantitative estimate of drug-likeness (QED) is 0.255. The van der Waals surface area contributed by atoms with Gasteiger partial charge in [-0.05, 0) is 61.2 Å². The molecular formula is C29H19NS. The van der Waals surface area contributed by atoms with Crippen LogP contribution in [-0.4, -0.2) is 11.6 Å². The Morgan fingerprint density at radius 1 is 0.613 bits per heavy atom. The fourth-order valence-corrected chi connectivity index (χ4v) is 6.41. The van der Waals surface area contributed by atoms with Crippen LogP contribution >= 0.6 is 11.8 Å². The van der Waals surface area contributed by atoms with Crippen LogP contribution in [0.3, 0.4) is 0 Å². The van der Waals surface area contributed by atoms with Crippen molar-refractivity contribution in [3.8, 4) is 0 Å². The van der Waals surface area contributed by atoms with E-state index in [-0.39, 0.29) is 5.37 Å². The molecule has 0 bridgehead atoms. The second-order valence-electron chi connectivity index (χ2n) is 8.32. The van der Waals surface area contributed by atoms with Gasteiger partial charge in [0.1, 0.15) is 5.37 Å². The molecule has 0 saturated carbocycles. The van der Waals surface area contributed by atoms with Gasteiger partial charge in [-0.25, -0.2) is 0 Å². The Labute approximate surface area is 185 Å². The minimum Gasteiger partial charge on any atom is -0.277 e. The number of allylic oxidation sites excluding steroid dienone is 1. The monoisotopic (exact) mass is 413 g/mol. The maximum Gasteiger partial charge on any atom is 0.110 e. The summed E-state index contributed by atoms with van der Waals surface area (Å²) in [6.07, 6.45) is 4.49. The summed E-state index contributed by atoms with van der Waals surface area (Å²) in [5.74, 6) is 0.352. The van der Waals surface area contributed by atoms with Crippen LogP contribution in [0.1, 0.15) is 17.0 Å². The zero-order valence-corrected chi connectivity index (χ0v) is 17.6. The first-order valence-electron chi connectivity index (χ1n) is 10.7. The number of nitrogens with zero attached hydrogens (tertiary/aromatic N) is 1. The van der Waals surface area contributed by atoms with Crippen molar-refractivity contribution in [1.29, 1.82) is 0 Å². The molecule has 2 aliphatic rings. The highest BCUT2D eigenvalue weighted by atomic mass is 32.2. The standard InChI is InChI=1S/C29H19NS/c1-2-9-22-20(7-1)21-8-3-4-10-23(21)26-15-18(13-14-24(22)26)19-16-27-25-11-5-6-12-28(25)31-29(27)30-17-19/h1-17,27,29H. The van der Waals surface area contributed by atoms with Gasteiger partial charge in [0.2, 0.25) is 0 Å². The predicted octanol–water partition coefficient (Wildman–Crippen LogP) is 7.83. The van der Waals surface area contributed by atoms with E-state index in [1.807, 2.05) is 11.8 Å². The molecular weight excluding hydrogens is 394 g/mol. The summed E-state index contributed by atoms with van der Waals surface area (Å²) >= 11 is 1.88. The van der Waals surface area contributed by atoms with Crippen LogP contribution in [0.25, 0.3) is 37.9 Å². The van der Waals surface area contributed by atoms with Crippen LogP contribution in [-0.2, 0) is 0 Å². The Balaban J connectivity index is 1.45. The van der Waals surface area contributed by atoms with E-state index in [4.69, 9.17) is 4.99 Å². The Kier molecular flexibility index (Phi) is 3.67. The van der Waals surface area contributed by atoms with Crippen LogP contribution in [0.4, 0.5) is 0 Å². The molecule has 146 valence electrons. The first-order valence-corrected chi connectivity index (χ1v) is 11.6. The number of rotatable bonds is 1. The van der Waals surface area contributed by atoms with E-state index in [0.717, 1.165) is 0 Å². The highest BCUT2D eigenvalue weighted by Gasteiger charge is 2.33. The Morgan fingerprint density at radius 3 is 1.97 bits per heavy atom. The number of thioether (sulfide) groups is 1. The average Bonchev–Trinajstić information content (AvgIpc) is 3.22. The zero-order chi connectivity index (χ0) is 20.4. The van der Waals surface area contributed by atoms with Crippen molar-refractivity contribution < 1.29 is 0 Å². The number of dihydropyridines is 1. The highest BCUT2D eigenvalue weighted by Crippen LogP contribution is 2.49. The van der Waals surface area contributed by atoms with E-state index in [2.05, 4.69) is 103 Å². The molecule has 2 unspecified atom stereocenters. The van der Waals surface area contributed by atoms with E-state index in [1.54, 1.807) is 0 Å². The van der Waals surface area contributed by atoms with Gasteiger partial charge in [-0.3, -0.25) is 4.99 Å². The molecule has 1 nitrogen and oxygen atoms in total. The number of benzene rings is 5. The van der Waals surface area contributed by atoms with Gasteiger partial charge >= 0.3 is 0 Å². The molecule has 0 saturated heterocycles. The molecule has 0 spiro atoms. The number of hydrogen-bond donors (Lipinski definition) is 0. The summed E-state index contributed by atoms with van der Waals surface area (Å²) in [7, 11) is 0. The Hall–Kier alpha value is -3.36. The maximum absolute atomic E-state index is 4.93. The largest absolute Gasteiger partial charge is 0.277 e. The Morgan fingerprint density at radius 2 is 1.23 bits per heavy atom. The second kappa shape index (κ2) is 6.57. The van der Waals surface area contributed by atoms with Crippen molar-refractivity contribution in [2.24, 2.45) is 4.99 Å². The van der Waals surface area contributed by atoms with Gasteiger partial charge < -0.3 is 0 Å². The number of hydrogen-bond acceptors (Lipinski definition) is 2. The van der Waals surface area contributed by atoms with Crippen LogP contribution in [0.2, 0.25) is 0 Å². The first-order chi connectivity index (χ1) is 15.4. The van der Waals surface area contributed by atoms with E-state index < -0.39 is 0 Å². The summed E-state index contributed by atoms with van der Waals surface area (Å²) in [5, 5.41) is 8.15. The van der Waals surface area contributed by atoms with Gasteiger partial charge in [0, 0.05) is 17.0 Å². The minimum atomic E-state index is 0.270. The van der Waals surface area contributed by atoms with Crippen LogP contribution in [0.15, 0.2) is 107 Å². The molecule has 2 heteroatoms. The number of fused-ring (bicyclic) bond motifs is 9. The van der Waals surface area contributed by atoms with Gasteiger partial charge in [-0.15, -0.1) is 0 Å². The molecule has 2 atom stereocenters. The zero-order valence-electron chi connectivity index (χ0n) is 16.8. The van der Waals surface area contributed by atoms with Gasteiger partial charge in [0.05, 0.1) is 0 Å². The van der Waals surface area contributed by atoms with Gasteiger partial charge in [0.15, 0.2) is 0 Å². The summed E-state index contributed by atoms with van der Waals surface area (Å²) in [6, 6.07) is 33.1. The molecule has 0 N–H and O–H groups in total. The summed E-state index contributed by atoms with van der Waals surface area (Å²) in [6.45, 7) is 0. The second-order valence-corrected chi connectivity index (χ2v) is 9.48. The van der Waals surface area contributed by atoms with E-state index in [1.165, 1.54) is 53.9 Å². The third kappa shape index (κ3) is 2.55. The predicted molar refractivity (Wildman–Crippen MR) is 134 cm³/mol. The van der Waals surface area contributed by atoms with Crippen LogP contribution < -0.4 is 0 Å². The normalized spacial score (nSPS) is 19.5. The van der Waals surface area contributed by atoms with Crippen molar-refractivity contribution in [2.75, 3.05) is 0 Å². The summed E-state index contributed by atoms with van der Waals surface area (Å²) in [5.41, 5.74) is 3.87. The van der Waals surface area contributed by atoms with Crippen molar-refractivity contribution in [3.63, 3.8) is 0 Å². The van der Waals surface area contributed by atoms with Crippen LogP contribution in [0.5, 0.6) is 0 Å². The average molecular weight is 414 g/mol. The minimum absolute atomic E-state index is 0.270. The van der Waals surface area contributed by atoms with Crippen LogP contribution in [0, 0.1) is 0 Å². The fraction of sp³-hybridized carbons (Fsp3) is 0.0690. The van der Waals surface area contributed by atoms with Crippen molar-refractivity contribution >= 4 is 55.9 Å². The SMILES string of the molecule is C1=NC2Sc3ccccc3C2C=C1c1ccc2c3ccccc3c3ccccc3c2c1. The lowest BCUT2D eigenvalue weighted by molar-refractivity contribution is 0.808. The maximum atomic E-state index is 4.93. The molecule has 2 heterocycles. The molecule has 0 fully saturated rings. The number of aliphatic imine (C=N–C) groups is 1. The van der Waals surface area contributed by atoms with Crippen molar-refractivity contribution in [1.82, 2.24) is 0 Å². The summed E-state index contributed by atoms with van der Waals surface area (Å²) < 4.78 is 0. The molecule has 2 aliphatic heterocycles. The van der Waals surface area contributed by atoms with E-state index >= 15 is 0 Å². The first kappa shape index (κ1) is 17.3. The molecule has 5 aromatic rings. The van der Waals surface area contributed by atoms with Gasteiger partial charge in [0.25, 0.3) is 0 Å². The molecule has 0 amide bonds. The third-order valence-corrected chi connectivity index (χ3v) is 7.91. The molecule has 0 aliphatic carbocycles. The molecule has 0 radical (unpaired) electrons. The van der Waals surface area contributed by atoms with Gasteiger partial charge in [-0.2, -0.15) is 0 Å².